The van der Waals surface area contributed by atoms with Gasteiger partial charge in [-0.25, -0.2) is 0 Å². The maximum atomic E-state index is 7.87. The minimum atomic E-state index is -0.979. The van der Waals surface area contributed by atoms with E-state index in [0.717, 1.165) is 133 Å². The van der Waals surface area contributed by atoms with Gasteiger partial charge in [-0.3, -0.25) is 0 Å². The molecule has 2 aliphatic rings. The second kappa shape index (κ2) is 17.1. The number of rotatable bonds is 6. The van der Waals surface area contributed by atoms with Crippen molar-refractivity contribution in [2.45, 2.75) is 5.41 Å². The van der Waals surface area contributed by atoms with Crippen molar-refractivity contribution in [3.8, 4) is 22.6 Å². The fourth-order valence-corrected chi connectivity index (χ4v) is 14.3. The molecular weight excluding hydrogens is 1000 g/mol. The Hall–Kier alpha value is -10.9. The molecule has 82 heavy (non-hydrogen) atoms. The quantitative estimate of drug-likeness (QED) is 0.155. The van der Waals surface area contributed by atoms with Gasteiger partial charge in [-0.15, -0.1) is 0 Å². The van der Waals surface area contributed by atoms with Gasteiger partial charge in [0.2, 0.25) is 0 Å². The highest BCUT2D eigenvalue weighted by molar-refractivity contribution is 6.19. The van der Waals surface area contributed by atoms with Crippen LogP contribution in [0.25, 0.3) is 98.1 Å². The third-order valence-electron chi connectivity index (χ3n) is 17.6. The van der Waals surface area contributed by atoms with E-state index in [2.05, 4.69) is 277 Å². The average Bonchev–Trinajstić information content (AvgIpc) is 1.46. The molecule has 18 rings (SSSR count). The van der Waals surface area contributed by atoms with Crippen LogP contribution in [0.4, 0.5) is 34.1 Å². The number of fused-ring (bicyclic) bond motifs is 25. The molecule has 0 amide bonds. The molecule has 0 radical (unpaired) electrons. The van der Waals surface area contributed by atoms with E-state index < -0.39 is 5.41 Å². The fourth-order valence-electron chi connectivity index (χ4n) is 14.3. The Kier molecular flexibility index (Phi) is 9.37. The Balaban J connectivity index is 0.999. The van der Waals surface area contributed by atoms with E-state index in [1.54, 1.807) is 0 Å². The van der Waals surface area contributed by atoms with Crippen molar-refractivity contribution in [3.05, 3.63) is 301 Å². The van der Waals surface area contributed by atoms with Crippen molar-refractivity contribution in [2.24, 2.45) is 0 Å². The summed E-state index contributed by atoms with van der Waals surface area (Å²) in [5.74, 6) is 1.73. The molecule has 0 atom stereocenters. The van der Waals surface area contributed by atoms with E-state index in [1.165, 1.54) is 33.0 Å². The van der Waals surface area contributed by atoms with E-state index in [1.807, 2.05) is 12.1 Å². The van der Waals surface area contributed by atoms with Crippen LogP contribution in [-0.2, 0) is 5.41 Å². The highest BCUT2D eigenvalue weighted by Gasteiger charge is 2.54. The number of para-hydroxylation sites is 4. The lowest BCUT2D eigenvalue weighted by Gasteiger charge is -2.42. The smallest absolute Gasteiger partial charge is 0.140 e. The Morgan fingerprint density at radius 3 is 0.976 bits per heavy atom. The van der Waals surface area contributed by atoms with Gasteiger partial charge in [0, 0.05) is 77.6 Å². The lowest BCUT2D eigenvalue weighted by molar-refractivity contribution is 0.451. The SMILES string of the molecule is c1ccc(N(c2ccc3c(c2)C2(c4cc(N(c5ccccc5)c5ccc6oc7ccccc7c6c5)ccc4-3)c3c(c4ccccc4c4ccccc34)Oc3c2c2ccccc2c2ccccc32)c2ccc3oc4ccccc4c3c2)cc1. The van der Waals surface area contributed by atoms with Crippen LogP contribution in [-0.4, -0.2) is 0 Å². The number of hydrogen-bond acceptors (Lipinski definition) is 5. The predicted molar refractivity (Wildman–Crippen MR) is 338 cm³/mol. The van der Waals surface area contributed by atoms with Gasteiger partial charge in [0.25, 0.3) is 0 Å². The molecule has 0 fully saturated rings. The molecule has 0 unspecified atom stereocenters. The Labute approximate surface area is 471 Å². The van der Waals surface area contributed by atoms with Gasteiger partial charge < -0.3 is 23.4 Å². The van der Waals surface area contributed by atoms with Crippen molar-refractivity contribution in [1.29, 1.82) is 0 Å². The Bertz CT molecular complexity index is 5010. The number of ether oxygens (including phenoxy) is 1. The molecule has 1 aliphatic heterocycles. The lowest BCUT2D eigenvalue weighted by atomic mass is 9.62. The van der Waals surface area contributed by atoms with Gasteiger partial charge in [0.1, 0.15) is 33.8 Å². The molecule has 3 heterocycles. The summed E-state index contributed by atoms with van der Waals surface area (Å²) < 4.78 is 20.8. The van der Waals surface area contributed by atoms with Crippen molar-refractivity contribution in [3.63, 3.8) is 0 Å². The molecule has 0 saturated carbocycles. The summed E-state index contributed by atoms with van der Waals surface area (Å²) in [5, 5.41) is 13.4. The summed E-state index contributed by atoms with van der Waals surface area (Å²) in [6, 6.07) is 101. The van der Waals surface area contributed by atoms with Crippen LogP contribution < -0.4 is 14.5 Å². The first-order chi connectivity index (χ1) is 40.7. The van der Waals surface area contributed by atoms with Crippen LogP contribution in [0, 0.1) is 0 Å². The van der Waals surface area contributed by atoms with Gasteiger partial charge in [0.05, 0.1) is 5.41 Å². The van der Waals surface area contributed by atoms with Crippen LogP contribution in [0.3, 0.4) is 0 Å². The summed E-state index contributed by atoms with van der Waals surface area (Å²) in [4.78, 5) is 4.82. The van der Waals surface area contributed by atoms with Gasteiger partial charge in [-0.1, -0.05) is 182 Å². The van der Waals surface area contributed by atoms with Crippen LogP contribution in [0.1, 0.15) is 22.3 Å². The first-order valence-electron chi connectivity index (χ1n) is 28.1. The topological polar surface area (TPSA) is 42.0 Å². The number of furan rings is 2. The molecule has 16 aromatic rings. The van der Waals surface area contributed by atoms with Gasteiger partial charge >= 0.3 is 0 Å². The third-order valence-corrected chi connectivity index (χ3v) is 17.6. The molecule has 0 saturated heterocycles. The molecule has 1 spiro atoms. The zero-order valence-electron chi connectivity index (χ0n) is 44.2. The highest BCUT2D eigenvalue weighted by Crippen LogP contribution is 2.68. The van der Waals surface area contributed by atoms with E-state index in [9.17, 15) is 0 Å². The second-order valence-electron chi connectivity index (χ2n) is 21.8. The molecule has 2 aromatic heterocycles. The van der Waals surface area contributed by atoms with E-state index in [4.69, 9.17) is 13.6 Å². The van der Waals surface area contributed by atoms with Crippen LogP contribution in [0.5, 0.6) is 11.5 Å². The Morgan fingerprint density at radius 2 is 0.549 bits per heavy atom. The molecule has 5 heteroatoms. The van der Waals surface area contributed by atoms with Crippen molar-refractivity contribution < 1.29 is 13.6 Å². The van der Waals surface area contributed by atoms with Crippen LogP contribution >= 0.6 is 0 Å². The summed E-state index contributed by atoms with van der Waals surface area (Å²) in [7, 11) is 0. The summed E-state index contributed by atoms with van der Waals surface area (Å²) >= 11 is 0. The van der Waals surface area contributed by atoms with E-state index >= 15 is 0 Å². The monoisotopic (exact) mass is 1050 g/mol. The van der Waals surface area contributed by atoms with Crippen LogP contribution in [0.2, 0.25) is 0 Å². The van der Waals surface area contributed by atoms with Crippen LogP contribution in [0.15, 0.2) is 288 Å². The maximum Gasteiger partial charge on any atom is 0.140 e. The van der Waals surface area contributed by atoms with E-state index in [-0.39, 0.29) is 0 Å². The zero-order valence-corrected chi connectivity index (χ0v) is 44.2. The zero-order chi connectivity index (χ0) is 53.6. The highest BCUT2D eigenvalue weighted by atomic mass is 16.5. The van der Waals surface area contributed by atoms with Gasteiger partial charge in [0.15, 0.2) is 0 Å². The number of anilines is 6. The molecule has 5 nitrogen and oxygen atoms in total. The standard InChI is InChI=1S/C77H46N2O3/c1-3-19-47(20-4-1)78(49-37-41-71-65(43-49)59-27-15-17-33-69(59)80-71)51-35-39-57-58-40-36-52(79(48-21-5-2-6-22-48)50-38-42-72-66(44-50)60-28-16-18-34-70(60)81-72)46-68(58)77(67(57)45-51)73-61-29-11-7-23-53(61)55-25-9-13-31-63(55)75(73)82-76-64-32-14-10-26-56(64)54-24-8-12-30-62(54)74(76)77/h1-46H. The molecular formula is C77H46N2O3. The summed E-state index contributed by atoms with van der Waals surface area (Å²) in [6.45, 7) is 0. The van der Waals surface area contributed by atoms with Gasteiger partial charge in [-0.05, 0) is 152 Å². The maximum absolute atomic E-state index is 7.87. The third kappa shape index (κ3) is 6.22. The number of nitrogens with zero attached hydrogens (tertiary/aromatic N) is 2. The molecule has 14 aromatic carbocycles. The largest absolute Gasteiger partial charge is 0.456 e. The summed E-state index contributed by atoms with van der Waals surface area (Å²) in [5.41, 5.74) is 15.6. The first kappa shape index (κ1) is 45.0. The van der Waals surface area contributed by atoms with Gasteiger partial charge in [-0.2, -0.15) is 0 Å². The molecule has 1 aliphatic carbocycles. The minimum absolute atomic E-state index is 0.855. The second-order valence-corrected chi connectivity index (χ2v) is 21.8. The Morgan fingerprint density at radius 1 is 0.232 bits per heavy atom. The fraction of sp³-hybridized carbons (Fsp3) is 0.0130. The average molecular weight is 1050 g/mol. The number of benzene rings is 14. The normalized spacial score (nSPS) is 13.1. The molecule has 382 valence electrons. The number of hydrogen-bond donors (Lipinski definition) is 0. The molecule has 0 N–H and O–H groups in total. The van der Waals surface area contributed by atoms with E-state index in [0.29, 0.717) is 0 Å². The van der Waals surface area contributed by atoms with Crippen molar-refractivity contribution >= 4 is 121 Å². The summed E-state index contributed by atoms with van der Waals surface area (Å²) in [6.07, 6.45) is 0. The minimum Gasteiger partial charge on any atom is -0.456 e. The first-order valence-corrected chi connectivity index (χ1v) is 28.1. The lowest BCUT2D eigenvalue weighted by Crippen LogP contribution is -2.33. The van der Waals surface area contributed by atoms with Crippen molar-refractivity contribution in [1.82, 2.24) is 0 Å². The molecule has 0 bridgehead atoms. The predicted octanol–water partition coefficient (Wildman–Crippen LogP) is 21.5. The van der Waals surface area contributed by atoms with Crippen molar-refractivity contribution in [2.75, 3.05) is 9.80 Å².